The number of nitrogens with one attached hydrogen (secondary N) is 2. The van der Waals surface area contributed by atoms with Gasteiger partial charge in [-0.15, -0.1) is 0 Å². The fourth-order valence-corrected chi connectivity index (χ4v) is 2.77. The van der Waals surface area contributed by atoms with Crippen LogP contribution in [-0.4, -0.2) is 26.1 Å². The molecule has 0 aromatic heterocycles. The summed E-state index contributed by atoms with van der Waals surface area (Å²) in [6, 6.07) is 13.9. The van der Waals surface area contributed by atoms with Gasteiger partial charge < -0.3 is 15.4 Å². The molecule has 0 radical (unpaired) electrons. The monoisotopic (exact) mass is 376 g/mol. The quantitative estimate of drug-likeness (QED) is 0.776. The van der Waals surface area contributed by atoms with Crippen molar-refractivity contribution in [2.45, 2.75) is 13.3 Å². The minimum Gasteiger partial charge on any atom is -0.497 e. The number of rotatable bonds is 7. The summed E-state index contributed by atoms with van der Waals surface area (Å²) in [5, 5.41) is 6.04. The van der Waals surface area contributed by atoms with Gasteiger partial charge in [0.25, 0.3) is 0 Å². The first kappa shape index (κ1) is 17.3. The molecule has 0 saturated heterocycles. The van der Waals surface area contributed by atoms with Gasteiger partial charge in [-0.3, -0.25) is 4.79 Å². The third kappa shape index (κ3) is 5.60. The molecule has 0 aliphatic carbocycles. The van der Waals surface area contributed by atoms with Crippen LogP contribution < -0.4 is 15.4 Å². The molecule has 0 bridgehead atoms. The van der Waals surface area contributed by atoms with Crippen LogP contribution in [0, 0.1) is 6.92 Å². The minimum atomic E-state index is -0.0222. The van der Waals surface area contributed by atoms with Crippen molar-refractivity contribution in [3.05, 3.63) is 58.1 Å². The number of anilines is 1. The van der Waals surface area contributed by atoms with Gasteiger partial charge in [0.1, 0.15) is 5.75 Å². The lowest BCUT2D eigenvalue weighted by Crippen LogP contribution is -2.31. The van der Waals surface area contributed by atoms with E-state index in [1.807, 2.05) is 49.4 Å². The average molecular weight is 377 g/mol. The minimum absolute atomic E-state index is 0.0222. The van der Waals surface area contributed by atoms with Crippen molar-refractivity contribution in [2.75, 3.05) is 25.5 Å². The molecular formula is C18H21BrN2O2. The van der Waals surface area contributed by atoms with Gasteiger partial charge in [-0.05, 0) is 64.7 Å². The molecule has 2 aromatic carbocycles. The normalized spacial score (nSPS) is 10.2. The van der Waals surface area contributed by atoms with E-state index in [1.165, 1.54) is 11.1 Å². The van der Waals surface area contributed by atoms with Crippen LogP contribution in [0.3, 0.4) is 0 Å². The van der Waals surface area contributed by atoms with Gasteiger partial charge in [0, 0.05) is 16.7 Å². The predicted molar refractivity (Wildman–Crippen MR) is 97.1 cm³/mol. The molecule has 0 spiro atoms. The average Bonchev–Trinajstić information content (AvgIpc) is 2.54. The second kappa shape index (κ2) is 8.58. The maximum Gasteiger partial charge on any atom is 0.239 e. The van der Waals surface area contributed by atoms with Crippen LogP contribution in [0.1, 0.15) is 11.1 Å². The third-order valence-corrected chi connectivity index (χ3v) is 4.11. The molecule has 0 heterocycles. The smallest absolute Gasteiger partial charge is 0.239 e. The van der Waals surface area contributed by atoms with E-state index in [4.69, 9.17) is 4.74 Å². The Balaban J connectivity index is 1.72. The number of methoxy groups -OCH3 is 1. The van der Waals surface area contributed by atoms with E-state index in [0.29, 0.717) is 6.54 Å². The molecule has 0 atom stereocenters. The Morgan fingerprint density at radius 3 is 2.57 bits per heavy atom. The van der Waals surface area contributed by atoms with E-state index in [-0.39, 0.29) is 12.5 Å². The number of halogens is 1. The van der Waals surface area contributed by atoms with E-state index in [1.54, 1.807) is 7.11 Å². The number of aryl methyl sites for hydroxylation is 1. The van der Waals surface area contributed by atoms with E-state index >= 15 is 0 Å². The summed E-state index contributed by atoms with van der Waals surface area (Å²) in [6.07, 6.45) is 0.796. The first-order valence-electron chi connectivity index (χ1n) is 7.48. The molecule has 0 aliphatic heterocycles. The predicted octanol–water partition coefficient (Wildman–Crippen LogP) is 3.54. The zero-order chi connectivity index (χ0) is 16.7. The number of hydrogen-bond donors (Lipinski definition) is 2. The SMILES string of the molecule is COc1ccc(CCNC(=O)CNc2ccc(C)cc2Br)cc1. The van der Waals surface area contributed by atoms with Gasteiger partial charge in [-0.25, -0.2) is 0 Å². The number of hydrogen-bond acceptors (Lipinski definition) is 3. The van der Waals surface area contributed by atoms with Crippen molar-refractivity contribution < 1.29 is 9.53 Å². The highest BCUT2D eigenvalue weighted by molar-refractivity contribution is 9.10. The molecule has 0 unspecified atom stereocenters. The molecule has 0 aliphatic rings. The maximum atomic E-state index is 11.9. The molecule has 0 saturated carbocycles. The van der Waals surface area contributed by atoms with Crippen molar-refractivity contribution in [3.8, 4) is 5.75 Å². The molecule has 4 nitrogen and oxygen atoms in total. The number of carbonyl (C=O) groups is 1. The Morgan fingerprint density at radius 2 is 1.91 bits per heavy atom. The first-order valence-corrected chi connectivity index (χ1v) is 8.27. The highest BCUT2D eigenvalue weighted by Gasteiger charge is 2.04. The fourth-order valence-electron chi connectivity index (χ4n) is 2.14. The number of benzene rings is 2. The number of carbonyl (C=O) groups excluding carboxylic acids is 1. The molecule has 2 rings (SSSR count). The lowest BCUT2D eigenvalue weighted by molar-refractivity contribution is -0.119. The van der Waals surface area contributed by atoms with Crippen LogP contribution in [0.5, 0.6) is 5.75 Å². The van der Waals surface area contributed by atoms with Crippen molar-refractivity contribution in [1.82, 2.24) is 5.32 Å². The first-order chi connectivity index (χ1) is 11.1. The van der Waals surface area contributed by atoms with Gasteiger partial charge in [0.15, 0.2) is 0 Å². The zero-order valence-corrected chi connectivity index (χ0v) is 14.9. The maximum absolute atomic E-state index is 11.9. The zero-order valence-electron chi connectivity index (χ0n) is 13.4. The summed E-state index contributed by atoms with van der Waals surface area (Å²) in [5.74, 6) is 0.816. The van der Waals surface area contributed by atoms with Crippen LogP contribution >= 0.6 is 15.9 Å². The van der Waals surface area contributed by atoms with E-state index in [9.17, 15) is 4.79 Å². The number of amides is 1. The highest BCUT2D eigenvalue weighted by atomic mass is 79.9. The molecule has 23 heavy (non-hydrogen) atoms. The van der Waals surface area contributed by atoms with Gasteiger partial charge >= 0.3 is 0 Å². The van der Waals surface area contributed by atoms with E-state index in [2.05, 4.69) is 26.6 Å². The molecule has 0 fully saturated rings. The summed E-state index contributed by atoms with van der Waals surface area (Å²) in [5.41, 5.74) is 3.26. The Morgan fingerprint density at radius 1 is 1.17 bits per heavy atom. The molecule has 2 aromatic rings. The Kier molecular flexibility index (Phi) is 6.47. The summed E-state index contributed by atoms with van der Waals surface area (Å²) in [7, 11) is 1.65. The molecular weight excluding hydrogens is 356 g/mol. The van der Waals surface area contributed by atoms with Crippen molar-refractivity contribution >= 4 is 27.5 Å². The topological polar surface area (TPSA) is 50.4 Å². The van der Waals surface area contributed by atoms with Gasteiger partial charge in [-0.1, -0.05) is 18.2 Å². The second-order valence-electron chi connectivity index (χ2n) is 5.28. The summed E-state index contributed by atoms with van der Waals surface area (Å²) in [4.78, 5) is 11.9. The van der Waals surface area contributed by atoms with Crippen molar-refractivity contribution in [1.29, 1.82) is 0 Å². The van der Waals surface area contributed by atoms with Crippen LogP contribution in [0.15, 0.2) is 46.9 Å². The lowest BCUT2D eigenvalue weighted by Gasteiger charge is -2.10. The molecule has 2 N–H and O–H groups in total. The highest BCUT2D eigenvalue weighted by Crippen LogP contribution is 2.22. The van der Waals surface area contributed by atoms with E-state index in [0.717, 1.165) is 22.3 Å². The summed E-state index contributed by atoms with van der Waals surface area (Å²) in [6.45, 7) is 2.90. The molecule has 1 amide bonds. The Labute approximate surface area is 145 Å². The standard InChI is InChI=1S/C18H21BrN2O2/c1-13-3-8-17(16(19)11-13)21-12-18(22)20-10-9-14-4-6-15(23-2)7-5-14/h3-8,11,21H,9-10,12H2,1-2H3,(H,20,22). The Hall–Kier alpha value is -2.01. The Bertz CT molecular complexity index is 657. The van der Waals surface area contributed by atoms with Crippen molar-refractivity contribution in [2.24, 2.45) is 0 Å². The van der Waals surface area contributed by atoms with Crippen LogP contribution in [0.25, 0.3) is 0 Å². The van der Waals surface area contributed by atoms with Crippen molar-refractivity contribution in [3.63, 3.8) is 0 Å². The summed E-state index contributed by atoms with van der Waals surface area (Å²) < 4.78 is 6.08. The number of ether oxygens (including phenoxy) is 1. The van der Waals surface area contributed by atoms with Crippen LogP contribution in [-0.2, 0) is 11.2 Å². The third-order valence-electron chi connectivity index (χ3n) is 3.46. The van der Waals surface area contributed by atoms with Gasteiger partial charge in [0.2, 0.25) is 5.91 Å². The molecule has 5 heteroatoms. The molecule has 122 valence electrons. The van der Waals surface area contributed by atoms with Gasteiger partial charge in [0.05, 0.1) is 13.7 Å². The van der Waals surface area contributed by atoms with E-state index < -0.39 is 0 Å². The van der Waals surface area contributed by atoms with Crippen LogP contribution in [0.2, 0.25) is 0 Å². The second-order valence-corrected chi connectivity index (χ2v) is 6.14. The fraction of sp³-hybridized carbons (Fsp3) is 0.278. The van der Waals surface area contributed by atoms with Gasteiger partial charge in [-0.2, -0.15) is 0 Å². The largest absolute Gasteiger partial charge is 0.497 e. The lowest BCUT2D eigenvalue weighted by atomic mass is 10.1. The van der Waals surface area contributed by atoms with Crippen LogP contribution in [0.4, 0.5) is 5.69 Å². The summed E-state index contributed by atoms with van der Waals surface area (Å²) >= 11 is 3.49.